The van der Waals surface area contributed by atoms with Crippen molar-refractivity contribution in [3.05, 3.63) is 34.9 Å². The van der Waals surface area contributed by atoms with Crippen molar-refractivity contribution in [1.82, 2.24) is 0 Å². The standard InChI is InChI=1S/C12H14O2/c1-3-14-12-7-11(13)10-6-8(2)4-5-9(10)12/h4-6,12H,3,7H2,1-2H3. The van der Waals surface area contributed by atoms with E-state index in [4.69, 9.17) is 4.74 Å². The largest absolute Gasteiger partial charge is 0.373 e. The number of ether oxygens (including phenoxy) is 1. The van der Waals surface area contributed by atoms with Gasteiger partial charge in [0.15, 0.2) is 5.78 Å². The van der Waals surface area contributed by atoms with Gasteiger partial charge in [0.2, 0.25) is 0 Å². The van der Waals surface area contributed by atoms with Crippen LogP contribution in [0, 0.1) is 6.92 Å². The highest BCUT2D eigenvalue weighted by atomic mass is 16.5. The van der Waals surface area contributed by atoms with E-state index in [2.05, 4.69) is 0 Å². The third-order valence-corrected chi connectivity index (χ3v) is 2.59. The average Bonchev–Trinajstić information content (AvgIpc) is 2.44. The van der Waals surface area contributed by atoms with Crippen LogP contribution in [0.5, 0.6) is 0 Å². The highest BCUT2D eigenvalue weighted by Gasteiger charge is 2.29. The Kier molecular flexibility index (Phi) is 2.38. The Balaban J connectivity index is 2.39. The molecule has 1 aromatic rings. The van der Waals surface area contributed by atoms with E-state index in [0.29, 0.717) is 13.0 Å². The zero-order valence-corrected chi connectivity index (χ0v) is 8.54. The van der Waals surface area contributed by atoms with Crippen LogP contribution in [-0.2, 0) is 4.74 Å². The number of fused-ring (bicyclic) bond motifs is 1. The Labute approximate surface area is 83.9 Å². The number of hydrogen-bond acceptors (Lipinski definition) is 2. The minimum Gasteiger partial charge on any atom is -0.373 e. The van der Waals surface area contributed by atoms with Crippen molar-refractivity contribution in [1.29, 1.82) is 0 Å². The van der Waals surface area contributed by atoms with Crippen LogP contribution in [0.3, 0.4) is 0 Å². The second-order valence-electron chi connectivity index (χ2n) is 3.66. The Morgan fingerprint density at radius 3 is 3.00 bits per heavy atom. The molecular weight excluding hydrogens is 176 g/mol. The Morgan fingerprint density at radius 1 is 1.50 bits per heavy atom. The van der Waals surface area contributed by atoms with Crippen LogP contribution in [0.25, 0.3) is 0 Å². The highest BCUT2D eigenvalue weighted by molar-refractivity contribution is 6.01. The summed E-state index contributed by atoms with van der Waals surface area (Å²) in [5, 5.41) is 0. The summed E-state index contributed by atoms with van der Waals surface area (Å²) < 4.78 is 5.52. The van der Waals surface area contributed by atoms with Crippen LogP contribution < -0.4 is 0 Å². The van der Waals surface area contributed by atoms with E-state index < -0.39 is 0 Å². The monoisotopic (exact) mass is 190 g/mol. The van der Waals surface area contributed by atoms with Crippen LogP contribution in [0.15, 0.2) is 18.2 Å². The number of carbonyl (C=O) groups is 1. The van der Waals surface area contributed by atoms with E-state index in [1.807, 2.05) is 32.0 Å². The summed E-state index contributed by atoms with van der Waals surface area (Å²) in [6, 6.07) is 6.00. The lowest BCUT2D eigenvalue weighted by atomic mass is 10.1. The summed E-state index contributed by atoms with van der Waals surface area (Å²) >= 11 is 0. The van der Waals surface area contributed by atoms with Crippen LogP contribution >= 0.6 is 0 Å². The Bertz CT molecular complexity index is 369. The van der Waals surface area contributed by atoms with E-state index in [1.54, 1.807) is 0 Å². The first kappa shape index (κ1) is 9.41. The maximum atomic E-state index is 11.6. The molecule has 2 heteroatoms. The molecule has 0 radical (unpaired) electrons. The first-order chi connectivity index (χ1) is 6.72. The van der Waals surface area contributed by atoms with Crippen molar-refractivity contribution in [2.24, 2.45) is 0 Å². The number of ketones is 1. The number of Topliss-reactive ketones (excluding diaryl/α,β-unsaturated/α-hetero) is 1. The normalized spacial score (nSPS) is 19.9. The molecule has 1 aromatic carbocycles. The molecule has 0 spiro atoms. The molecule has 0 aromatic heterocycles. The molecule has 0 N–H and O–H groups in total. The molecule has 1 aliphatic rings. The minimum atomic E-state index is -0.0110. The fraction of sp³-hybridized carbons (Fsp3) is 0.417. The second-order valence-corrected chi connectivity index (χ2v) is 3.66. The average molecular weight is 190 g/mol. The van der Waals surface area contributed by atoms with Crippen LogP contribution in [-0.4, -0.2) is 12.4 Å². The van der Waals surface area contributed by atoms with Gasteiger partial charge in [-0.2, -0.15) is 0 Å². The van der Waals surface area contributed by atoms with Gasteiger partial charge in [-0.25, -0.2) is 0 Å². The summed E-state index contributed by atoms with van der Waals surface area (Å²) in [7, 11) is 0. The molecule has 1 aliphatic carbocycles. The third kappa shape index (κ3) is 1.46. The molecule has 0 fully saturated rings. The van der Waals surface area contributed by atoms with Gasteiger partial charge in [0.05, 0.1) is 6.10 Å². The predicted molar refractivity (Wildman–Crippen MR) is 54.5 cm³/mol. The number of carbonyl (C=O) groups excluding carboxylic acids is 1. The summed E-state index contributed by atoms with van der Waals surface area (Å²) in [5.74, 6) is 0.210. The van der Waals surface area contributed by atoms with Crippen molar-refractivity contribution in [3.8, 4) is 0 Å². The van der Waals surface area contributed by atoms with Gasteiger partial charge in [-0.1, -0.05) is 17.7 Å². The molecule has 0 saturated carbocycles. The van der Waals surface area contributed by atoms with Crippen LogP contribution in [0.2, 0.25) is 0 Å². The number of hydrogen-bond donors (Lipinski definition) is 0. The van der Waals surface area contributed by atoms with Gasteiger partial charge in [0, 0.05) is 18.6 Å². The zero-order valence-electron chi connectivity index (χ0n) is 8.54. The molecule has 0 aliphatic heterocycles. The molecule has 2 nitrogen and oxygen atoms in total. The molecule has 2 rings (SSSR count). The number of rotatable bonds is 2. The maximum absolute atomic E-state index is 11.6. The van der Waals surface area contributed by atoms with Gasteiger partial charge in [-0.3, -0.25) is 4.79 Å². The molecule has 0 bridgehead atoms. The lowest BCUT2D eigenvalue weighted by Crippen LogP contribution is -1.99. The van der Waals surface area contributed by atoms with E-state index >= 15 is 0 Å². The first-order valence-electron chi connectivity index (χ1n) is 4.97. The molecule has 0 amide bonds. The zero-order chi connectivity index (χ0) is 10.1. The van der Waals surface area contributed by atoms with Crippen molar-refractivity contribution in [2.45, 2.75) is 26.4 Å². The molecule has 1 atom stereocenters. The van der Waals surface area contributed by atoms with Crippen molar-refractivity contribution >= 4 is 5.78 Å². The van der Waals surface area contributed by atoms with E-state index in [-0.39, 0.29) is 11.9 Å². The Hall–Kier alpha value is -1.15. The smallest absolute Gasteiger partial charge is 0.166 e. The van der Waals surface area contributed by atoms with E-state index in [9.17, 15) is 4.79 Å². The highest BCUT2D eigenvalue weighted by Crippen LogP contribution is 2.34. The summed E-state index contributed by atoms with van der Waals surface area (Å²) in [4.78, 5) is 11.6. The van der Waals surface area contributed by atoms with Crippen molar-refractivity contribution in [3.63, 3.8) is 0 Å². The lowest BCUT2D eigenvalue weighted by Gasteiger charge is -2.10. The van der Waals surface area contributed by atoms with Crippen molar-refractivity contribution in [2.75, 3.05) is 6.61 Å². The topological polar surface area (TPSA) is 26.3 Å². The van der Waals surface area contributed by atoms with Gasteiger partial charge in [-0.05, 0) is 25.5 Å². The van der Waals surface area contributed by atoms with Gasteiger partial charge >= 0.3 is 0 Å². The quantitative estimate of drug-likeness (QED) is 0.716. The van der Waals surface area contributed by atoms with Gasteiger partial charge in [0.25, 0.3) is 0 Å². The molecule has 1 unspecified atom stereocenters. The Morgan fingerprint density at radius 2 is 2.29 bits per heavy atom. The molecule has 74 valence electrons. The summed E-state index contributed by atoms with van der Waals surface area (Å²) in [5.41, 5.74) is 3.04. The van der Waals surface area contributed by atoms with Crippen molar-refractivity contribution < 1.29 is 9.53 Å². The van der Waals surface area contributed by atoms with Crippen LogP contribution in [0.4, 0.5) is 0 Å². The van der Waals surface area contributed by atoms with Gasteiger partial charge in [-0.15, -0.1) is 0 Å². The number of benzene rings is 1. The number of aryl methyl sites for hydroxylation is 1. The summed E-state index contributed by atoms with van der Waals surface area (Å²) in [6.45, 7) is 4.61. The molecule has 0 saturated heterocycles. The maximum Gasteiger partial charge on any atom is 0.166 e. The fourth-order valence-electron chi connectivity index (χ4n) is 1.93. The van der Waals surface area contributed by atoms with Crippen LogP contribution in [0.1, 0.15) is 40.9 Å². The second kappa shape index (κ2) is 3.54. The molecular formula is C12H14O2. The predicted octanol–water partition coefficient (Wildman–Crippen LogP) is 2.66. The van der Waals surface area contributed by atoms with E-state index in [1.165, 1.54) is 0 Å². The van der Waals surface area contributed by atoms with E-state index in [0.717, 1.165) is 16.7 Å². The first-order valence-corrected chi connectivity index (χ1v) is 4.97. The SMILES string of the molecule is CCOC1CC(=O)c2cc(C)ccc21. The minimum absolute atomic E-state index is 0.0110. The van der Waals surface area contributed by atoms with Gasteiger partial charge < -0.3 is 4.74 Å². The van der Waals surface area contributed by atoms with Gasteiger partial charge in [0.1, 0.15) is 0 Å². The lowest BCUT2D eigenvalue weighted by molar-refractivity contribution is 0.0585. The molecule has 14 heavy (non-hydrogen) atoms. The third-order valence-electron chi connectivity index (χ3n) is 2.59. The summed E-state index contributed by atoms with van der Waals surface area (Å²) in [6.07, 6.45) is 0.496. The molecule has 0 heterocycles. The fourth-order valence-corrected chi connectivity index (χ4v) is 1.93.